The minimum Gasteiger partial charge on any atom is -0.450 e. The fourth-order valence-corrected chi connectivity index (χ4v) is 3.77. The number of ether oxygens (including phenoxy) is 1. The Morgan fingerprint density at radius 3 is 2.57 bits per heavy atom. The van der Waals surface area contributed by atoms with Gasteiger partial charge in [0.1, 0.15) is 5.58 Å². The molecular weight excluding hydrogens is 354 g/mol. The lowest BCUT2D eigenvalue weighted by atomic mass is 9.97. The second-order valence-corrected chi connectivity index (χ2v) is 7.03. The minimum atomic E-state index is -0.439. The van der Waals surface area contributed by atoms with Gasteiger partial charge in [0.2, 0.25) is 5.76 Å². The summed E-state index contributed by atoms with van der Waals surface area (Å²) >= 11 is 0. The van der Waals surface area contributed by atoms with Crippen LogP contribution in [0, 0.1) is 6.92 Å². The number of amides is 1. The van der Waals surface area contributed by atoms with Crippen molar-refractivity contribution in [2.45, 2.75) is 26.3 Å². The Labute approximate surface area is 163 Å². The number of rotatable bonds is 6. The molecule has 0 N–H and O–H groups in total. The van der Waals surface area contributed by atoms with Gasteiger partial charge < -0.3 is 14.1 Å². The second-order valence-electron chi connectivity index (χ2n) is 7.03. The Balaban J connectivity index is 1.84. The number of carbonyl (C=O) groups excluding carboxylic acids is 1. The maximum atomic E-state index is 13.3. The third kappa shape index (κ3) is 3.12. The molecule has 0 radical (unpaired) electrons. The average Bonchev–Trinajstić information content (AvgIpc) is 2.98. The number of fused-ring (bicyclic) bond motifs is 2. The predicted molar refractivity (Wildman–Crippen MR) is 108 cm³/mol. The first-order chi connectivity index (χ1) is 13.6. The number of hydrogen-bond donors (Lipinski definition) is 0. The Morgan fingerprint density at radius 1 is 1.07 bits per heavy atom. The molecule has 1 aliphatic heterocycles. The van der Waals surface area contributed by atoms with E-state index in [0.29, 0.717) is 42.7 Å². The van der Waals surface area contributed by atoms with Crippen LogP contribution in [0.2, 0.25) is 0 Å². The number of benzene rings is 2. The van der Waals surface area contributed by atoms with Crippen LogP contribution in [0.5, 0.6) is 0 Å². The molecule has 4 rings (SSSR count). The number of nitrogens with zero attached hydrogens (tertiary/aromatic N) is 1. The van der Waals surface area contributed by atoms with Crippen molar-refractivity contribution in [3.8, 4) is 0 Å². The molecule has 28 heavy (non-hydrogen) atoms. The minimum absolute atomic E-state index is 0.136. The van der Waals surface area contributed by atoms with E-state index in [1.165, 1.54) is 0 Å². The summed E-state index contributed by atoms with van der Waals surface area (Å²) < 4.78 is 11.3. The summed E-state index contributed by atoms with van der Waals surface area (Å²) in [4.78, 5) is 28.2. The highest BCUT2D eigenvalue weighted by atomic mass is 16.5. The fraction of sp³-hybridized carbons (Fsp3) is 0.304. The van der Waals surface area contributed by atoms with Crippen molar-refractivity contribution in [3.63, 3.8) is 0 Å². The number of aryl methyl sites for hydroxylation is 1. The summed E-state index contributed by atoms with van der Waals surface area (Å²) in [6.45, 7) is 5.66. The van der Waals surface area contributed by atoms with Gasteiger partial charge in [-0.2, -0.15) is 0 Å². The molecule has 2 aromatic carbocycles. The predicted octanol–water partition coefficient (Wildman–Crippen LogP) is 4.07. The van der Waals surface area contributed by atoms with E-state index in [1.807, 2.05) is 44.2 Å². The molecule has 0 spiro atoms. The highest BCUT2D eigenvalue weighted by molar-refractivity contribution is 5.99. The van der Waals surface area contributed by atoms with Gasteiger partial charge >= 0.3 is 0 Å². The molecule has 0 unspecified atom stereocenters. The third-order valence-electron chi connectivity index (χ3n) is 5.16. The van der Waals surface area contributed by atoms with Crippen LogP contribution in [-0.4, -0.2) is 30.6 Å². The first-order valence-corrected chi connectivity index (χ1v) is 9.63. The first-order valence-electron chi connectivity index (χ1n) is 9.63. The number of hydrogen-bond acceptors (Lipinski definition) is 4. The zero-order chi connectivity index (χ0) is 19.7. The first kappa shape index (κ1) is 18.4. The van der Waals surface area contributed by atoms with Crippen molar-refractivity contribution in [2.75, 3.05) is 19.8 Å². The molecular formula is C23H23NO4. The molecule has 0 saturated carbocycles. The smallest absolute Gasteiger partial charge is 0.290 e. The topological polar surface area (TPSA) is 59.8 Å². The van der Waals surface area contributed by atoms with Crippen LogP contribution in [0.4, 0.5) is 0 Å². The third-order valence-corrected chi connectivity index (χ3v) is 5.16. The van der Waals surface area contributed by atoms with Crippen LogP contribution >= 0.6 is 0 Å². The molecule has 0 aliphatic carbocycles. The van der Waals surface area contributed by atoms with Gasteiger partial charge in [0.25, 0.3) is 5.91 Å². The Hall–Kier alpha value is -2.92. The molecule has 3 aromatic rings. The molecule has 2 heterocycles. The zero-order valence-electron chi connectivity index (χ0n) is 16.1. The summed E-state index contributed by atoms with van der Waals surface area (Å²) in [6, 6.07) is 14.6. The van der Waals surface area contributed by atoms with Crippen LogP contribution in [0.25, 0.3) is 11.0 Å². The monoisotopic (exact) mass is 377 g/mol. The van der Waals surface area contributed by atoms with E-state index in [2.05, 4.69) is 0 Å². The SMILES string of the molecule is CCOCCCN1C(=O)c2oc3ccccc3c(=O)c2[C@@H]1c1ccc(C)cc1. The zero-order valence-corrected chi connectivity index (χ0v) is 16.1. The van der Waals surface area contributed by atoms with E-state index >= 15 is 0 Å². The largest absolute Gasteiger partial charge is 0.450 e. The molecule has 1 amide bonds. The van der Waals surface area contributed by atoms with Gasteiger partial charge in [0.05, 0.1) is 17.0 Å². The van der Waals surface area contributed by atoms with E-state index in [9.17, 15) is 9.59 Å². The van der Waals surface area contributed by atoms with Gasteiger partial charge in [0.15, 0.2) is 5.43 Å². The Morgan fingerprint density at radius 2 is 1.82 bits per heavy atom. The highest BCUT2D eigenvalue weighted by Gasteiger charge is 2.42. The molecule has 0 fully saturated rings. The van der Waals surface area contributed by atoms with Crippen LogP contribution in [0.15, 0.2) is 57.7 Å². The van der Waals surface area contributed by atoms with Gasteiger partial charge in [-0.05, 0) is 38.0 Å². The fourth-order valence-electron chi connectivity index (χ4n) is 3.77. The molecule has 144 valence electrons. The molecule has 1 atom stereocenters. The van der Waals surface area contributed by atoms with Crippen molar-refractivity contribution in [1.82, 2.24) is 4.90 Å². The lowest BCUT2D eigenvalue weighted by Crippen LogP contribution is -2.31. The maximum absolute atomic E-state index is 13.3. The number of para-hydroxylation sites is 1. The lowest BCUT2D eigenvalue weighted by Gasteiger charge is -2.25. The van der Waals surface area contributed by atoms with E-state index < -0.39 is 6.04 Å². The summed E-state index contributed by atoms with van der Waals surface area (Å²) in [5.41, 5.74) is 2.78. The van der Waals surface area contributed by atoms with E-state index in [-0.39, 0.29) is 17.1 Å². The van der Waals surface area contributed by atoms with Crippen LogP contribution in [0.1, 0.15) is 46.6 Å². The molecule has 5 heteroatoms. The van der Waals surface area contributed by atoms with E-state index in [0.717, 1.165) is 11.1 Å². The Bertz CT molecular complexity index is 1070. The van der Waals surface area contributed by atoms with Crippen LogP contribution in [-0.2, 0) is 4.74 Å². The van der Waals surface area contributed by atoms with Gasteiger partial charge in [-0.3, -0.25) is 9.59 Å². The van der Waals surface area contributed by atoms with Gasteiger partial charge in [-0.1, -0.05) is 42.0 Å². The average molecular weight is 377 g/mol. The van der Waals surface area contributed by atoms with Crippen LogP contribution < -0.4 is 5.43 Å². The summed E-state index contributed by atoms with van der Waals surface area (Å²) in [5.74, 6) is -0.0781. The Kier molecular flexibility index (Phi) is 5.01. The molecule has 0 saturated heterocycles. The van der Waals surface area contributed by atoms with Crippen LogP contribution in [0.3, 0.4) is 0 Å². The maximum Gasteiger partial charge on any atom is 0.290 e. The summed E-state index contributed by atoms with van der Waals surface area (Å²) in [6.07, 6.45) is 0.698. The molecule has 1 aromatic heterocycles. The van der Waals surface area contributed by atoms with Crippen molar-refractivity contribution >= 4 is 16.9 Å². The second kappa shape index (κ2) is 7.60. The van der Waals surface area contributed by atoms with E-state index in [4.69, 9.17) is 9.15 Å². The number of carbonyl (C=O) groups is 1. The van der Waals surface area contributed by atoms with Crippen molar-refractivity contribution in [3.05, 3.63) is 81.2 Å². The summed E-state index contributed by atoms with van der Waals surface area (Å²) in [7, 11) is 0. The molecule has 5 nitrogen and oxygen atoms in total. The van der Waals surface area contributed by atoms with Gasteiger partial charge in [-0.15, -0.1) is 0 Å². The van der Waals surface area contributed by atoms with E-state index in [1.54, 1.807) is 23.1 Å². The highest BCUT2D eigenvalue weighted by Crippen LogP contribution is 2.38. The van der Waals surface area contributed by atoms with Gasteiger partial charge in [-0.25, -0.2) is 0 Å². The summed E-state index contributed by atoms with van der Waals surface area (Å²) in [5, 5.41) is 0.502. The molecule has 1 aliphatic rings. The van der Waals surface area contributed by atoms with Gasteiger partial charge in [0, 0.05) is 19.8 Å². The van der Waals surface area contributed by atoms with Crippen molar-refractivity contribution < 1.29 is 13.9 Å². The molecule has 0 bridgehead atoms. The quantitative estimate of drug-likeness (QED) is 0.608. The van der Waals surface area contributed by atoms with Crippen molar-refractivity contribution in [1.29, 1.82) is 0 Å². The van der Waals surface area contributed by atoms with Crippen molar-refractivity contribution in [2.24, 2.45) is 0 Å². The standard InChI is InChI=1S/C23H23NO4/c1-3-27-14-6-13-24-20(16-11-9-15(2)10-12-16)19-21(25)17-7-4-5-8-18(17)28-22(19)23(24)26/h4-5,7-12,20H,3,6,13-14H2,1-2H3/t20-/m0/s1. The normalized spacial score (nSPS) is 16.0. The lowest BCUT2D eigenvalue weighted by molar-refractivity contribution is 0.0696.